The zero-order valence-corrected chi connectivity index (χ0v) is 15.2. The summed E-state index contributed by atoms with van der Waals surface area (Å²) < 4.78 is 3.12. The highest BCUT2D eigenvalue weighted by molar-refractivity contribution is 9.10. The molecule has 0 spiro atoms. The first-order valence-electron chi connectivity index (χ1n) is 8.19. The van der Waals surface area contributed by atoms with E-state index in [1.807, 2.05) is 47.4 Å². The summed E-state index contributed by atoms with van der Waals surface area (Å²) in [7, 11) is 0. The maximum absolute atomic E-state index is 13.3. The van der Waals surface area contributed by atoms with E-state index >= 15 is 0 Å². The summed E-state index contributed by atoms with van der Waals surface area (Å²) in [6.07, 6.45) is 2.06. The lowest BCUT2D eigenvalue weighted by Gasteiger charge is -2.23. The summed E-state index contributed by atoms with van der Waals surface area (Å²) in [5, 5.41) is 0. The van der Waals surface area contributed by atoms with Crippen LogP contribution in [0.1, 0.15) is 27.2 Å². The van der Waals surface area contributed by atoms with E-state index in [1.165, 1.54) is 0 Å². The number of fused-ring (bicyclic) bond motifs is 2. The Labute approximate surface area is 155 Å². The van der Waals surface area contributed by atoms with E-state index in [9.17, 15) is 4.79 Å². The van der Waals surface area contributed by atoms with Crippen molar-refractivity contribution in [1.29, 1.82) is 0 Å². The fourth-order valence-corrected chi connectivity index (χ4v) is 3.70. The van der Waals surface area contributed by atoms with Gasteiger partial charge in [-0.05, 0) is 47.5 Å². The predicted molar refractivity (Wildman–Crippen MR) is 103 cm³/mol. The summed E-state index contributed by atoms with van der Waals surface area (Å²) in [6.45, 7) is 1.72. The largest absolute Gasteiger partial charge is 0.345 e. The molecule has 4 rings (SSSR count). The zero-order chi connectivity index (χ0) is 17.4. The van der Waals surface area contributed by atoms with Gasteiger partial charge in [0.25, 0.3) is 5.91 Å². The quantitative estimate of drug-likeness (QED) is 0.714. The molecule has 0 aliphatic carbocycles. The van der Waals surface area contributed by atoms with Crippen molar-refractivity contribution in [3.63, 3.8) is 0 Å². The Balaban J connectivity index is 1.79. The van der Waals surface area contributed by atoms with E-state index in [-0.39, 0.29) is 5.91 Å². The minimum absolute atomic E-state index is 0.00991. The van der Waals surface area contributed by atoms with Crippen LogP contribution in [0.2, 0.25) is 0 Å². The maximum Gasteiger partial charge on any atom is 0.258 e. The highest BCUT2D eigenvalue weighted by atomic mass is 79.9. The predicted octanol–water partition coefficient (Wildman–Crippen LogP) is 3.92. The fourth-order valence-electron chi connectivity index (χ4n) is 3.29. The first-order chi connectivity index (χ1) is 12.2. The smallest absolute Gasteiger partial charge is 0.258 e. The number of benzene rings is 2. The van der Waals surface area contributed by atoms with Crippen molar-refractivity contribution in [2.75, 3.05) is 4.90 Å². The van der Waals surface area contributed by atoms with Crippen LogP contribution in [-0.2, 0) is 19.6 Å². The molecule has 0 unspecified atom stereocenters. The van der Waals surface area contributed by atoms with E-state index in [0.717, 1.165) is 33.5 Å². The molecular weight excluding hydrogens is 378 g/mol. The van der Waals surface area contributed by atoms with E-state index in [0.29, 0.717) is 18.7 Å². The van der Waals surface area contributed by atoms with Gasteiger partial charge in [-0.3, -0.25) is 4.79 Å². The van der Waals surface area contributed by atoms with E-state index in [2.05, 4.69) is 38.8 Å². The molecule has 2 heterocycles. The third-order valence-corrected chi connectivity index (χ3v) is 5.40. The third-order valence-electron chi connectivity index (χ3n) is 4.62. The molecule has 1 aliphatic rings. The molecule has 1 aliphatic heterocycles. The van der Waals surface area contributed by atoms with Crippen LogP contribution in [0.3, 0.4) is 0 Å². The average Bonchev–Trinajstić information content (AvgIpc) is 3.00. The second kappa shape index (κ2) is 6.50. The van der Waals surface area contributed by atoms with Crippen LogP contribution in [0.15, 0.2) is 65.3 Å². The number of para-hydroxylation sites is 1. The molecule has 0 saturated carbocycles. The summed E-state index contributed by atoms with van der Waals surface area (Å²) in [6, 6.07) is 17.8. The number of nitrogens with two attached hydrogens (primary N) is 1. The molecule has 126 valence electrons. The topological polar surface area (TPSA) is 51.3 Å². The molecule has 0 saturated heterocycles. The van der Waals surface area contributed by atoms with E-state index < -0.39 is 0 Å². The monoisotopic (exact) mass is 395 g/mol. The number of halogens is 1. The van der Waals surface area contributed by atoms with Crippen LogP contribution in [0.25, 0.3) is 0 Å². The van der Waals surface area contributed by atoms with Crippen LogP contribution in [0, 0.1) is 0 Å². The van der Waals surface area contributed by atoms with Crippen LogP contribution >= 0.6 is 15.9 Å². The first-order valence-corrected chi connectivity index (χ1v) is 8.99. The molecule has 4 nitrogen and oxygen atoms in total. The van der Waals surface area contributed by atoms with Crippen molar-refractivity contribution in [1.82, 2.24) is 4.57 Å². The number of amides is 1. The molecule has 0 radical (unpaired) electrons. The summed E-state index contributed by atoms with van der Waals surface area (Å²) in [4.78, 5) is 15.1. The van der Waals surface area contributed by atoms with Gasteiger partial charge in [0.1, 0.15) is 0 Å². The third kappa shape index (κ3) is 2.90. The molecule has 0 atom stereocenters. The van der Waals surface area contributed by atoms with Crippen LogP contribution in [0.5, 0.6) is 0 Å². The maximum atomic E-state index is 13.3. The van der Waals surface area contributed by atoms with Gasteiger partial charge in [0.05, 0.1) is 6.54 Å². The van der Waals surface area contributed by atoms with Gasteiger partial charge in [-0.25, -0.2) is 0 Å². The number of carbonyl (C=O) groups excluding carboxylic acids is 1. The number of anilines is 1. The molecule has 0 fully saturated rings. The molecule has 1 amide bonds. The van der Waals surface area contributed by atoms with Gasteiger partial charge >= 0.3 is 0 Å². The molecule has 25 heavy (non-hydrogen) atoms. The Bertz CT molecular complexity index is 948. The van der Waals surface area contributed by atoms with Crippen molar-refractivity contribution in [2.45, 2.75) is 19.6 Å². The van der Waals surface area contributed by atoms with Gasteiger partial charge in [-0.2, -0.15) is 0 Å². The van der Waals surface area contributed by atoms with Gasteiger partial charge in [0.15, 0.2) is 0 Å². The summed E-state index contributed by atoms with van der Waals surface area (Å²) in [5.41, 5.74) is 10.6. The second-order valence-corrected chi connectivity index (χ2v) is 7.01. The standard InChI is InChI=1S/C20H18BrN3O/c21-18-8-7-14(10-16(18)11-22)20(25)24-13-17-5-3-9-23(17)12-15-4-1-2-6-19(15)24/h1-10H,11-13,22H2. The number of hydrogen-bond acceptors (Lipinski definition) is 2. The van der Waals surface area contributed by atoms with Crippen molar-refractivity contribution in [3.05, 3.63) is 87.7 Å². The number of aromatic nitrogens is 1. The molecule has 3 aromatic rings. The lowest BCUT2D eigenvalue weighted by Crippen LogP contribution is -2.30. The fraction of sp³-hybridized carbons (Fsp3) is 0.150. The van der Waals surface area contributed by atoms with Crippen LogP contribution < -0.4 is 10.6 Å². The molecule has 0 bridgehead atoms. The Morgan fingerprint density at radius 1 is 1.08 bits per heavy atom. The average molecular weight is 396 g/mol. The molecule has 2 N–H and O–H groups in total. The first kappa shape index (κ1) is 16.1. The van der Waals surface area contributed by atoms with E-state index in [4.69, 9.17) is 5.73 Å². The Morgan fingerprint density at radius 3 is 2.76 bits per heavy atom. The Hall–Kier alpha value is -2.37. The van der Waals surface area contributed by atoms with Gasteiger partial charge in [0, 0.05) is 40.7 Å². The van der Waals surface area contributed by atoms with Gasteiger partial charge < -0.3 is 15.2 Å². The molecule has 5 heteroatoms. The van der Waals surface area contributed by atoms with Gasteiger partial charge in [-0.15, -0.1) is 0 Å². The normalized spacial score (nSPS) is 13.1. The number of carbonyl (C=O) groups is 1. The Kier molecular flexibility index (Phi) is 4.19. The highest BCUT2D eigenvalue weighted by Crippen LogP contribution is 2.29. The number of nitrogens with zero attached hydrogens (tertiary/aromatic N) is 2. The number of hydrogen-bond donors (Lipinski definition) is 1. The van der Waals surface area contributed by atoms with E-state index in [1.54, 1.807) is 0 Å². The second-order valence-electron chi connectivity index (χ2n) is 6.16. The van der Waals surface area contributed by atoms with Gasteiger partial charge in [-0.1, -0.05) is 34.1 Å². The molecule has 2 aromatic carbocycles. The van der Waals surface area contributed by atoms with Crippen molar-refractivity contribution >= 4 is 27.5 Å². The van der Waals surface area contributed by atoms with Crippen LogP contribution in [-0.4, -0.2) is 10.5 Å². The van der Waals surface area contributed by atoms with Crippen molar-refractivity contribution in [3.8, 4) is 0 Å². The Morgan fingerprint density at radius 2 is 1.92 bits per heavy atom. The zero-order valence-electron chi connectivity index (χ0n) is 13.7. The highest BCUT2D eigenvalue weighted by Gasteiger charge is 2.24. The minimum Gasteiger partial charge on any atom is -0.345 e. The van der Waals surface area contributed by atoms with Crippen molar-refractivity contribution < 1.29 is 4.79 Å². The van der Waals surface area contributed by atoms with Crippen LogP contribution in [0.4, 0.5) is 5.69 Å². The van der Waals surface area contributed by atoms with Gasteiger partial charge in [0.2, 0.25) is 0 Å². The summed E-state index contributed by atoms with van der Waals surface area (Å²) >= 11 is 3.48. The lowest BCUT2D eigenvalue weighted by molar-refractivity contribution is 0.0985. The lowest BCUT2D eigenvalue weighted by atomic mass is 10.1. The summed E-state index contributed by atoms with van der Waals surface area (Å²) in [5.74, 6) is -0.00991. The molecular formula is C20H18BrN3O. The number of rotatable bonds is 2. The SMILES string of the molecule is NCc1cc(C(=O)N2Cc3cccn3Cc3ccccc32)ccc1Br. The minimum atomic E-state index is -0.00991. The molecule has 1 aromatic heterocycles. The van der Waals surface area contributed by atoms with Crippen molar-refractivity contribution in [2.24, 2.45) is 5.73 Å².